The highest BCUT2D eigenvalue weighted by molar-refractivity contribution is 5.80. The van der Waals surface area contributed by atoms with E-state index >= 15 is 0 Å². The lowest BCUT2D eigenvalue weighted by Gasteiger charge is -2.14. The number of imidazole rings is 1. The molecule has 4 heteroatoms. The summed E-state index contributed by atoms with van der Waals surface area (Å²) in [6, 6.07) is 12.0. The van der Waals surface area contributed by atoms with Crippen molar-refractivity contribution < 1.29 is 9.47 Å². The number of hydrogen-bond donors (Lipinski definition) is 1. The first-order valence-corrected chi connectivity index (χ1v) is 7.38. The van der Waals surface area contributed by atoms with Gasteiger partial charge in [-0.05, 0) is 56.7 Å². The Morgan fingerprint density at radius 2 is 1.86 bits per heavy atom. The average molecular weight is 296 g/mol. The zero-order valence-electron chi connectivity index (χ0n) is 13.3. The van der Waals surface area contributed by atoms with Crippen molar-refractivity contribution in [2.45, 2.75) is 26.9 Å². The first-order chi connectivity index (χ1) is 10.6. The predicted octanol–water partition coefficient (Wildman–Crippen LogP) is 4.33. The highest BCUT2D eigenvalue weighted by atomic mass is 16.5. The van der Waals surface area contributed by atoms with Crippen molar-refractivity contribution in [3.63, 3.8) is 0 Å². The second-order valence-electron chi connectivity index (χ2n) is 5.64. The molecular weight excluding hydrogens is 276 g/mol. The Balaban J connectivity index is 2.05. The molecule has 0 aliphatic heterocycles. The molecule has 22 heavy (non-hydrogen) atoms. The molecule has 0 saturated heterocycles. The molecule has 0 atom stereocenters. The van der Waals surface area contributed by atoms with Gasteiger partial charge in [0.2, 0.25) is 0 Å². The minimum Gasteiger partial charge on any atom is -0.493 e. The van der Waals surface area contributed by atoms with E-state index in [1.54, 1.807) is 7.11 Å². The Hall–Kier alpha value is -2.49. The lowest BCUT2D eigenvalue weighted by molar-refractivity contribution is 0.230. The Morgan fingerprint density at radius 1 is 1.05 bits per heavy atom. The van der Waals surface area contributed by atoms with Crippen LogP contribution in [0.5, 0.6) is 11.5 Å². The second kappa shape index (κ2) is 5.72. The molecule has 3 aromatic rings. The number of fused-ring (bicyclic) bond motifs is 1. The van der Waals surface area contributed by atoms with Crippen molar-refractivity contribution in [2.24, 2.45) is 0 Å². The molecule has 1 heterocycles. The summed E-state index contributed by atoms with van der Waals surface area (Å²) >= 11 is 0. The summed E-state index contributed by atoms with van der Waals surface area (Å²) in [5.74, 6) is 2.29. The van der Waals surface area contributed by atoms with Crippen LogP contribution in [0.3, 0.4) is 0 Å². The van der Waals surface area contributed by atoms with Crippen LogP contribution in [-0.4, -0.2) is 23.2 Å². The number of hydrogen-bond acceptors (Lipinski definition) is 3. The molecule has 0 saturated carbocycles. The molecule has 0 bridgehead atoms. The first-order valence-electron chi connectivity index (χ1n) is 7.38. The molecule has 1 aromatic heterocycles. The molecule has 0 spiro atoms. The Morgan fingerprint density at radius 3 is 2.59 bits per heavy atom. The first kappa shape index (κ1) is 14.4. The number of ether oxygens (including phenoxy) is 2. The SMILES string of the molecule is COc1ccc(-c2nc3ccc(C)cc3[nH]2)cc1OC(C)C. The van der Waals surface area contributed by atoms with Gasteiger partial charge in [0, 0.05) is 5.56 Å². The van der Waals surface area contributed by atoms with Crippen molar-refractivity contribution in [2.75, 3.05) is 7.11 Å². The van der Waals surface area contributed by atoms with Gasteiger partial charge in [0.05, 0.1) is 24.2 Å². The van der Waals surface area contributed by atoms with E-state index in [4.69, 9.17) is 9.47 Å². The molecule has 0 amide bonds. The van der Waals surface area contributed by atoms with Crippen LogP contribution < -0.4 is 9.47 Å². The maximum Gasteiger partial charge on any atom is 0.162 e. The summed E-state index contributed by atoms with van der Waals surface area (Å²) in [5, 5.41) is 0. The van der Waals surface area contributed by atoms with Crippen LogP contribution in [-0.2, 0) is 0 Å². The standard InChI is InChI=1S/C18H20N2O2/c1-11(2)22-17-10-13(6-8-16(17)21-4)18-19-14-7-5-12(3)9-15(14)20-18/h5-11H,1-4H3,(H,19,20). The average Bonchev–Trinajstić information content (AvgIpc) is 2.89. The van der Waals surface area contributed by atoms with Crippen LogP contribution in [0.2, 0.25) is 0 Å². The Bertz CT molecular complexity index is 806. The minimum atomic E-state index is 0.0856. The van der Waals surface area contributed by atoms with E-state index in [0.717, 1.165) is 33.9 Å². The monoisotopic (exact) mass is 296 g/mol. The number of nitrogens with one attached hydrogen (secondary N) is 1. The molecule has 0 radical (unpaired) electrons. The summed E-state index contributed by atoms with van der Waals surface area (Å²) in [4.78, 5) is 8.01. The highest BCUT2D eigenvalue weighted by Crippen LogP contribution is 2.33. The molecular formula is C18H20N2O2. The molecule has 3 rings (SSSR count). The summed E-state index contributed by atoms with van der Waals surface area (Å²) in [5.41, 5.74) is 4.19. The number of rotatable bonds is 4. The van der Waals surface area contributed by atoms with Crippen LogP contribution in [0.4, 0.5) is 0 Å². The lowest BCUT2D eigenvalue weighted by atomic mass is 10.2. The van der Waals surface area contributed by atoms with Gasteiger partial charge < -0.3 is 14.5 Å². The summed E-state index contributed by atoms with van der Waals surface area (Å²) in [6.07, 6.45) is 0.0856. The number of benzene rings is 2. The Labute approximate surface area is 130 Å². The summed E-state index contributed by atoms with van der Waals surface area (Å²) in [7, 11) is 1.64. The number of aromatic nitrogens is 2. The van der Waals surface area contributed by atoms with Gasteiger partial charge in [-0.3, -0.25) is 0 Å². The van der Waals surface area contributed by atoms with Gasteiger partial charge in [0.25, 0.3) is 0 Å². The fraction of sp³-hybridized carbons (Fsp3) is 0.278. The van der Waals surface area contributed by atoms with Crippen molar-refractivity contribution >= 4 is 11.0 Å². The maximum atomic E-state index is 5.82. The normalized spacial score (nSPS) is 11.1. The number of H-pyrrole nitrogens is 1. The number of nitrogens with zero attached hydrogens (tertiary/aromatic N) is 1. The van der Waals surface area contributed by atoms with Gasteiger partial charge >= 0.3 is 0 Å². The number of aryl methyl sites for hydroxylation is 1. The predicted molar refractivity (Wildman–Crippen MR) is 88.6 cm³/mol. The van der Waals surface area contributed by atoms with Crippen LogP contribution in [0, 0.1) is 6.92 Å². The zero-order chi connectivity index (χ0) is 15.7. The number of aromatic amines is 1. The van der Waals surface area contributed by atoms with Gasteiger partial charge in [0.15, 0.2) is 11.5 Å². The maximum absolute atomic E-state index is 5.82. The van der Waals surface area contributed by atoms with Crippen molar-refractivity contribution in [3.05, 3.63) is 42.0 Å². The van der Waals surface area contributed by atoms with Gasteiger partial charge in [0.1, 0.15) is 5.82 Å². The summed E-state index contributed by atoms with van der Waals surface area (Å²) < 4.78 is 11.2. The quantitative estimate of drug-likeness (QED) is 0.779. The third-order valence-corrected chi connectivity index (χ3v) is 3.44. The van der Waals surface area contributed by atoms with Gasteiger partial charge in [-0.1, -0.05) is 6.07 Å². The topological polar surface area (TPSA) is 47.1 Å². The van der Waals surface area contributed by atoms with Crippen molar-refractivity contribution in [3.8, 4) is 22.9 Å². The van der Waals surface area contributed by atoms with Crippen LogP contribution >= 0.6 is 0 Å². The van der Waals surface area contributed by atoms with Crippen LogP contribution in [0.15, 0.2) is 36.4 Å². The fourth-order valence-electron chi connectivity index (χ4n) is 2.43. The lowest BCUT2D eigenvalue weighted by Crippen LogP contribution is -2.06. The minimum absolute atomic E-state index is 0.0856. The molecule has 0 unspecified atom stereocenters. The van der Waals surface area contributed by atoms with Gasteiger partial charge in [-0.15, -0.1) is 0 Å². The van der Waals surface area contributed by atoms with E-state index in [2.05, 4.69) is 29.0 Å². The fourth-order valence-corrected chi connectivity index (χ4v) is 2.43. The summed E-state index contributed by atoms with van der Waals surface area (Å²) in [6.45, 7) is 6.06. The Kier molecular flexibility index (Phi) is 3.75. The molecule has 114 valence electrons. The molecule has 0 aliphatic carbocycles. The molecule has 0 fully saturated rings. The van der Waals surface area contributed by atoms with E-state index in [0.29, 0.717) is 0 Å². The van der Waals surface area contributed by atoms with Gasteiger partial charge in [-0.2, -0.15) is 0 Å². The smallest absolute Gasteiger partial charge is 0.162 e. The molecule has 0 aliphatic rings. The van der Waals surface area contributed by atoms with Crippen molar-refractivity contribution in [1.82, 2.24) is 9.97 Å². The van der Waals surface area contributed by atoms with E-state index in [9.17, 15) is 0 Å². The number of methoxy groups -OCH3 is 1. The van der Waals surface area contributed by atoms with E-state index in [1.165, 1.54) is 5.56 Å². The third-order valence-electron chi connectivity index (χ3n) is 3.44. The molecule has 1 N–H and O–H groups in total. The van der Waals surface area contributed by atoms with Crippen molar-refractivity contribution in [1.29, 1.82) is 0 Å². The highest BCUT2D eigenvalue weighted by Gasteiger charge is 2.11. The van der Waals surface area contributed by atoms with Gasteiger partial charge in [-0.25, -0.2) is 4.98 Å². The molecule has 4 nitrogen and oxygen atoms in total. The second-order valence-corrected chi connectivity index (χ2v) is 5.64. The third kappa shape index (κ3) is 2.77. The van der Waals surface area contributed by atoms with E-state index < -0.39 is 0 Å². The largest absolute Gasteiger partial charge is 0.493 e. The van der Waals surface area contributed by atoms with Crippen LogP contribution in [0.1, 0.15) is 19.4 Å². The zero-order valence-corrected chi connectivity index (χ0v) is 13.3. The van der Waals surface area contributed by atoms with Crippen LogP contribution in [0.25, 0.3) is 22.4 Å². The van der Waals surface area contributed by atoms with E-state index in [1.807, 2.05) is 38.1 Å². The van der Waals surface area contributed by atoms with E-state index in [-0.39, 0.29) is 6.10 Å². The molecule has 2 aromatic carbocycles.